The zero-order chi connectivity index (χ0) is 21.3. The fourth-order valence-corrected chi connectivity index (χ4v) is 3.72. The topological polar surface area (TPSA) is 67.2 Å². The molecule has 3 aromatic rings. The third kappa shape index (κ3) is 4.06. The fourth-order valence-electron chi connectivity index (χ4n) is 2.75. The van der Waals surface area contributed by atoms with Crippen molar-refractivity contribution in [3.63, 3.8) is 0 Å². The number of aromatic nitrogens is 1. The summed E-state index contributed by atoms with van der Waals surface area (Å²) < 4.78 is 50.3. The van der Waals surface area contributed by atoms with E-state index in [0.29, 0.717) is 22.2 Å². The Bertz CT molecular complexity index is 1180. The second-order valence-corrected chi connectivity index (χ2v) is 7.40. The molecule has 0 atom stereocenters. The maximum absolute atomic E-state index is 13.2. The smallest absolute Gasteiger partial charge is 0.418 e. The van der Waals surface area contributed by atoms with Crippen LogP contribution in [0.15, 0.2) is 48.0 Å². The van der Waals surface area contributed by atoms with E-state index in [1.54, 1.807) is 17.5 Å². The first kappa shape index (κ1) is 20.1. The van der Waals surface area contributed by atoms with Crippen LogP contribution in [0.3, 0.4) is 0 Å². The van der Waals surface area contributed by atoms with E-state index in [0.717, 1.165) is 11.6 Å². The highest BCUT2D eigenvalue weighted by Gasteiger charge is 2.33. The summed E-state index contributed by atoms with van der Waals surface area (Å²) in [4.78, 5) is 4.42. The van der Waals surface area contributed by atoms with Crippen LogP contribution in [0.25, 0.3) is 16.8 Å². The van der Waals surface area contributed by atoms with Crippen LogP contribution in [0, 0.1) is 11.3 Å². The normalized spacial score (nSPS) is 13.2. The van der Waals surface area contributed by atoms with E-state index in [2.05, 4.69) is 10.3 Å². The van der Waals surface area contributed by atoms with Crippen LogP contribution in [0.5, 0.6) is 11.5 Å². The van der Waals surface area contributed by atoms with Crippen LogP contribution in [-0.2, 0) is 6.18 Å². The summed E-state index contributed by atoms with van der Waals surface area (Å²) in [5.41, 5.74) is 0.326. The van der Waals surface area contributed by atoms with Crippen molar-refractivity contribution in [3.8, 4) is 28.8 Å². The number of hydrogen-bond donors (Lipinski definition) is 1. The van der Waals surface area contributed by atoms with Gasteiger partial charge in [0.15, 0.2) is 11.5 Å². The fraction of sp³-hybridized carbons (Fsp3) is 0.100. The second kappa shape index (κ2) is 7.89. The zero-order valence-electron chi connectivity index (χ0n) is 15.0. The summed E-state index contributed by atoms with van der Waals surface area (Å²) in [5, 5.41) is 14.1. The molecule has 30 heavy (non-hydrogen) atoms. The molecule has 1 N–H and O–H groups in total. The number of allylic oxidation sites excluding steroid dienone is 1. The lowest BCUT2D eigenvalue weighted by Crippen LogP contribution is -2.08. The van der Waals surface area contributed by atoms with Gasteiger partial charge in [0, 0.05) is 22.2 Å². The molecule has 0 saturated carbocycles. The summed E-state index contributed by atoms with van der Waals surface area (Å²) in [6.45, 7) is 0.151. The number of nitriles is 1. The van der Waals surface area contributed by atoms with E-state index in [1.165, 1.54) is 29.7 Å². The molecule has 0 unspecified atom stereocenters. The molecule has 2 aromatic carbocycles. The number of rotatable bonds is 4. The highest BCUT2D eigenvalue weighted by molar-refractivity contribution is 7.11. The number of hydrogen-bond acceptors (Lipinski definition) is 6. The van der Waals surface area contributed by atoms with E-state index in [4.69, 9.17) is 21.1 Å². The van der Waals surface area contributed by atoms with E-state index in [1.807, 2.05) is 12.1 Å². The van der Waals surface area contributed by atoms with Crippen molar-refractivity contribution in [2.45, 2.75) is 6.18 Å². The molecule has 1 aliphatic rings. The molecule has 0 amide bonds. The minimum absolute atomic E-state index is 0.0364. The van der Waals surface area contributed by atoms with Crippen LogP contribution in [0.1, 0.15) is 10.6 Å². The van der Waals surface area contributed by atoms with Gasteiger partial charge in [-0.3, -0.25) is 0 Å². The van der Waals surface area contributed by atoms with Gasteiger partial charge >= 0.3 is 6.18 Å². The van der Waals surface area contributed by atoms with E-state index >= 15 is 0 Å². The number of nitrogens with zero attached hydrogens (tertiary/aromatic N) is 2. The molecule has 0 saturated heterocycles. The van der Waals surface area contributed by atoms with Crippen LogP contribution in [0.2, 0.25) is 5.02 Å². The van der Waals surface area contributed by atoms with Crippen molar-refractivity contribution in [2.75, 3.05) is 12.1 Å². The largest absolute Gasteiger partial charge is 0.454 e. The molecule has 152 valence electrons. The highest BCUT2D eigenvalue weighted by Crippen LogP contribution is 2.38. The van der Waals surface area contributed by atoms with Gasteiger partial charge in [0.05, 0.1) is 16.9 Å². The van der Waals surface area contributed by atoms with Gasteiger partial charge in [-0.2, -0.15) is 18.4 Å². The molecule has 2 heterocycles. The molecule has 0 aliphatic carbocycles. The summed E-state index contributed by atoms with van der Waals surface area (Å²) in [7, 11) is 0. The van der Waals surface area contributed by atoms with E-state index in [-0.39, 0.29) is 23.1 Å². The first-order valence-corrected chi connectivity index (χ1v) is 9.70. The van der Waals surface area contributed by atoms with Crippen LogP contribution >= 0.6 is 22.9 Å². The Labute approximate surface area is 178 Å². The quantitative estimate of drug-likeness (QED) is 0.481. The lowest BCUT2D eigenvalue weighted by molar-refractivity contribution is -0.136. The third-order valence-electron chi connectivity index (χ3n) is 4.18. The second-order valence-electron chi connectivity index (χ2n) is 6.11. The number of alkyl halides is 3. The predicted molar refractivity (Wildman–Crippen MR) is 107 cm³/mol. The van der Waals surface area contributed by atoms with E-state index in [9.17, 15) is 18.4 Å². The molecule has 10 heteroatoms. The summed E-state index contributed by atoms with van der Waals surface area (Å²) in [5.74, 6) is 1.24. The van der Waals surface area contributed by atoms with Gasteiger partial charge < -0.3 is 14.8 Å². The Kier molecular flexibility index (Phi) is 5.28. The van der Waals surface area contributed by atoms with Crippen LogP contribution in [-0.4, -0.2) is 11.8 Å². The van der Waals surface area contributed by atoms with Gasteiger partial charge in [-0.25, -0.2) is 4.98 Å². The standard InChI is InChI=1S/C20H11ClF3N3O2S/c21-13-2-3-15(14(6-13)20(22,23)24)26-8-12(7-25)19-27-16(9-30-19)11-1-4-17-18(5-11)29-10-28-17/h1-6,8-9,26H,10H2/b12-8-. The van der Waals surface area contributed by atoms with Crippen molar-refractivity contribution in [3.05, 3.63) is 63.6 Å². The van der Waals surface area contributed by atoms with Crippen molar-refractivity contribution in [1.29, 1.82) is 5.26 Å². The first-order chi connectivity index (χ1) is 14.3. The number of anilines is 1. The summed E-state index contributed by atoms with van der Waals surface area (Å²) >= 11 is 6.88. The number of nitrogens with one attached hydrogen (secondary N) is 1. The molecule has 1 aliphatic heterocycles. The Hall–Kier alpha value is -3.22. The molecule has 0 bridgehead atoms. The van der Waals surface area contributed by atoms with E-state index < -0.39 is 11.7 Å². The molecular weight excluding hydrogens is 439 g/mol. The van der Waals surface area contributed by atoms with Crippen LogP contribution in [0.4, 0.5) is 18.9 Å². The van der Waals surface area contributed by atoms with Gasteiger partial charge in [0.1, 0.15) is 16.6 Å². The van der Waals surface area contributed by atoms with Crippen molar-refractivity contribution >= 4 is 34.2 Å². The van der Waals surface area contributed by atoms with Gasteiger partial charge in [-0.15, -0.1) is 11.3 Å². The molecule has 4 rings (SSSR count). The number of fused-ring (bicyclic) bond motifs is 1. The van der Waals surface area contributed by atoms with Gasteiger partial charge in [-0.05, 0) is 36.4 Å². The van der Waals surface area contributed by atoms with Crippen molar-refractivity contribution in [2.24, 2.45) is 0 Å². The molecule has 0 fully saturated rings. The lowest BCUT2D eigenvalue weighted by Gasteiger charge is -2.13. The molecule has 0 radical (unpaired) electrons. The Balaban J connectivity index is 1.60. The minimum Gasteiger partial charge on any atom is -0.454 e. The Morgan fingerprint density at radius 1 is 1.20 bits per heavy atom. The maximum atomic E-state index is 13.2. The van der Waals surface area contributed by atoms with Crippen molar-refractivity contribution in [1.82, 2.24) is 4.98 Å². The van der Waals surface area contributed by atoms with Crippen LogP contribution < -0.4 is 14.8 Å². The van der Waals surface area contributed by atoms with Gasteiger partial charge in [-0.1, -0.05) is 11.6 Å². The summed E-state index contributed by atoms with van der Waals surface area (Å²) in [6.07, 6.45) is -3.40. The molecule has 1 aromatic heterocycles. The zero-order valence-corrected chi connectivity index (χ0v) is 16.5. The Morgan fingerprint density at radius 3 is 2.77 bits per heavy atom. The van der Waals surface area contributed by atoms with Gasteiger partial charge in [0.25, 0.3) is 0 Å². The highest BCUT2D eigenvalue weighted by atomic mass is 35.5. The summed E-state index contributed by atoms with van der Waals surface area (Å²) in [6, 6.07) is 10.7. The third-order valence-corrected chi connectivity index (χ3v) is 5.29. The number of benzene rings is 2. The molecule has 5 nitrogen and oxygen atoms in total. The lowest BCUT2D eigenvalue weighted by atomic mass is 10.1. The SMILES string of the molecule is N#C/C(=C/Nc1ccc(Cl)cc1C(F)(F)F)c1nc(-c2ccc3c(c2)OCO3)cs1. The average molecular weight is 450 g/mol. The number of halogens is 4. The number of ether oxygens (including phenoxy) is 2. The van der Waals surface area contributed by atoms with Crippen molar-refractivity contribution < 1.29 is 22.6 Å². The number of thiazole rings is 1. The van der Waals surface area contributed by atoms with Gasteiger partial charge in [0.2, 0.25) is 6.79 Å². The minimum atomic E-state index is -4.60. The average Bonchev–Trinajstić information content (AvgIpc) is 3.37. The predicted octanol–water partition coefficient (Wildman–Crippen LogP) is 6.19. The molecule has 0 spiro atoms. The maximum Gasteiger partial charge on any atom is 0.418 e. The molecular formula is C20H11ClF3N3O2S. The Morgan fingerprint density at radius 2 is 2.00 bits per heavy atom. The first-order valence-electron chi connectivity index (χ1n) is 8.44. The monoisotopic (exact) mass is 449 g/mol.